The quantitative estimate of drug-likeness (QED) is 0.200. The van der Waals surface area contributed by atoms with E-state index in [1.54, 1.807) is 0 Å². The van der Waals surface area contributed by atoms with Crippen LogP contribution < -0.4 is 0 Å². The molecule has 0 fully saturated rings. The first-order valence-electron chi connectivity index (χ1n) is 14.4. The maximum Gasteiger partial charge on any atom is 0.164 e. The molecule has 0 aliphatic rings. The second-order valence-corrected chi connectivity index (χ2v) is 11.9. The molecule has 0 aliphatic heterocycles. The van der Waals surface area contributed by atoms with Crippen LogP contribution in [0, 0.1) is 0 Å². The third-order valence-electron chi connectivity index (χ3n) is 8.28. The van der Waals surface area contributed by atoms with Gasteiger partial charge in [-0.15, -0.1) is 11.3 Å². The van der Waals surface area contributed by atoms with Crippen LogP contribution in [0.3, 0.4) is 0 Å². The van der Waals surface area contributed by atoms with Crippen LogP contribution in [0.15, 0.2) is 140 Å². The first-order valence-corrected chi connectivity index (χ1v) is 15.2. The van der Waals surface area contributed by atoms with Crippen molar-refractivity contribution in [1.29, 1.82) is 0 Å². The van der Waals surface area contributed by atoms with Gasteiger partial charge in [0, 0.05) is 42.2 Å². The maximum atomic E-state index is 5.17. The minimum atomic E-state index is 0.667. The molecule has 43 heavy (non-hydrogen) atoms. The van der Waals surface area contributed by atoms with Crippen LogP contribution in [0.4, 0.5) is 0 Å². The molecule has 3 nitrogen and oxygen atoms in total. The van der Waals surface area contributed by atoms with Crippen molar-refractivity contribution < 1.29 is 0 Å². The molecule has 9 rings (SSSR count). The average Bonchev–Trinajstić information content (AvgIpc) is 3.48. The molecule has 0 saturated heterocycles. The normalized spacial score (nSPS) is 11.7. The Morgan fingerprint density at radius 2 is 0.907 bits per heavy atom. The van der Waals surface area contributed by atoms with E-state index in [4.69, 9.17) is 15.0 Å². The monoisotopic (exact) mass is 565 g/mol. The lowest BCUT2D eigenvalue weighted by atomic mass is 9.94. The predicted molar refractivity (Wildman–Crippen MR) is 182 cm³/mol. The number of nitrogens with zero attached hydrogens (tertiary/aromatic N) is 3. The molecule has 2 heterocycles. The van der Waals surface area contributed by atoms with E-state index in [9.17, 15) is 0 Å². The average molecular weight is 566 g/mol. The summed E-state index contributed by atoms with van der Waals surface area (Å²) in [5.74, 6) is 2.02. The van der Waals surface area contributed by atoms with Gasteiger partial charge >= 0.3 is 0 Å². The molecule has 200 valence electrons. The molecular weight excluding hydrogens is 543 g/mol. The Labute approximate surface area is 251 Å². The highest BCUT2D eigenvalue weighted by Gasteiger charge is 2.21. The van der Waals surface area contributed by atoms with Crippen LogP contribution in [0.2, 0.25) is 0 Å². The van der Waals surface area contributed by atoms with E-state index in [0.29, 0.717) is 17.5 Å². The second kappa shape index (κ2) is 9.55. The molecule has 0 atom stereocenters. The summed E-state index contributed by atoms with van der Waals surface area (Å²) in [6.45, 7) is 0. The largest absolute Gasteiger partial charge is 0.208 e. The Bertz CT molecular complexity index is 2440. The zero-order valence-corrected chi connectivity index (χ0v) is 23.8. The van der Waals surface area contributed by atoms with Gasteiger partial charge in [0.2, 0.25) is 0 Å². The molecule has 0 amide bonds. The SMILES string of the molecule is c1ccc(-c2nc(-c3ccccc3)nc(-c3cc4ccc5ccccc5c4c4sc5ccc6ccccc6c5c34)n2)cc1. The number of aromatic nitrogens is 3. The van der Waals surface area contributed by atoms with Gasteiger partial charge in [0.05, 0.1) is 0 Å². The summed E-state index contributed by atoms with van der Waals surface area (Å²) in [4.78, 5) is 15.3. The summed E-state index contributed by atoms with van der Waals surface area (Å²) in [6, 6.07) is 49.0. The molecule has 4 heteroatoms. The summed E-state index contributed by atoms with van der Waals surface area (Å²) < 4.78 is 2.52. The number of hydrogen-bond donors (Lipinski definition) is 0. The summed E-state index contributed by atoms with van der Waals surface area (Å²) >= 11 is 1.86. The van der Waals surface area contributed by atoms with Crippen LogP contribution in [0.25, 0.3) is 86.7 Å². The molecule has 0 bridgehead atoms. The summed E-state index contributed by atoms with van der Waals surface area (Å²) in [6.07, 6.45) is 0. The first-order chi connectivity index (χ1) is 21.3. The number of thiophene rings is 1. The number of benzene rings is 7. The molecule has 0 unspecified atom stereocenters. The van der Waals surface area contributed by atoms with Crippen molar-refractivity contribution in [3.63, 3.8) is 0 Å². The Morgan fingerprint density at radius 3 is 1.56 bits per heavy atom. The lowest BCUT2D eigenvalue weighted by Crippen LogP contribution is -2.00. The van der Waals surface area contributed by atoms with Crippen molar-refractivity contribution in [2.75, 3.05) is 0 Å². The van der Waals surface area contributed by atoms with Crippen molar-refractivity contribution in [2.45, 2.75) is 0 Å². The Hall–Kier alpha value is -5.45. The van der Waals surface area contributed by atoms with Crippen LogP contribution in [0.5, 0.6) is 0 Å². The van der Waals surface area contributed by atoms with Crippen molar-refractivity contribution >= 4 is 63.8 Å². The molecule has 0 radical (unpaired) electrons. The lowest BCUT2D eigenvalue weighted by Gasteiger charge is -2.12. The van der Waals surface area contributed by atoms with Gasteiger partial charge in [-0.1, -0.05) is 127 Å². The molecule has 0 saturated carbocycles. The van der Waals surface area contributed by atoms with E-state index >= 15 is 0 Å². The van der Waals surface area contributed by atoms with E-state index in [-0.39, 0.29) is 0 Å². The number of rotatable bonds is 3. The maximum absolute atomic E-state index is 5.17. The molecule has 2 aromatic heterocycles. The smallest absolute Gasteiger partial charge is 0.164 e. The van der Waals surface area contributed by atoms with Crippen LogP contribution in [-0.4, -0.2) is 15.0 Å². The summed E-state index contributed by atoms with van der Waals surface area (Å²) in [5, 5.41) is 9.89. The fourth-order valence-corrected chi connectivity index (χ4v) is 7.61. The van der Waals surface area contributed by atoms with E-state index in [1.807, 2.05) is 47.7 Å². The van der Waals surface area contributed by atoms with E-state index in [2.05, 4.69) is 103 Å². The molecular formula is C39H23N3S. The zero-order valence-electron chi connectivity index (χ0n) is 23.0. The summed E-state index contributed by atoms with van der Waals surface area (Å²) in [5.41, 5.74) is 2.95. The van der Waals surface area contributed by atoms with Crippen molar-refractivity contribution in [2.24, 2.45) is 0 Å². The van der Waals surface area contributed by atoms with Gasteiger partial charge in [0.25, 0.3) is 0 Å². The highest BCUT2D eigenvalue weighted by atomic mass is 32.1. The highest BCUT2D eigenvalue weighted by Crippen LogP contribution is 2.47. The van der Waals surface area contributed by atoms with Gasteiger partial charge < -0.3 is 0 Å². The van der Waals surface area contributed by atoms with Gasteiger partial charge in [0.15, 0.2) is 17.5 Å². The first kappa shape index (κ1) is 24.2. The van der Waals surface area contributed by atoms with Gasteiger partial charge in [-0.05, 0) is 39.1 Å². The van der Waals surface area contributed by atoms with Crippen molar-refractivity contribution in [1.82, 2.24) is 15.0 Å². The van der Waals surface area contributed by atoms with E-state index < -0.39 is 0 Å². The number of hydrogen-bond acceptors (Lipinski definition) is 4. The Kier molecular flexibility index (Phi) is 5.37. The molecule has 0 aliphatic carbocycles. The lowest BCUT2D eigenvalue weighted by molar-refractivity contribution is 1.08. The minimum Gasteiger partial charge on any atom is -0.208 e. The van der Waals surface area contributed by atoms with Gasteiger partial charge in [-0.2, -0.15) is 0 Å². The molecule has 0 spiro atoms. The van der Waals surface area contributed by atoms with E-state index in [1.165, 1.54) is 52.5 Å². The fraction of sp³-hybridized carbons (Fsp3) is 0. The van der Waals surface area contributed by atoms with Gasteiger partial charge in [-0.3, -0.25) is 0 Å². The third kappa shape index (κ3) is 3.84. The second-order valence-electron chi connectivity index (χ2n) is 10.8. The van der Waals surface area contributed by atoms with E-state index in [0.717, 1.165) is 16.7 Å². The van der Waals surface area contributed by atoms with Gasteiger partial charge in [-0.25, -0.2) is 15.0 Å². The third-order valence-corrected chi connectivity index (χ3v) is 9.45. The fourth-order valence-electron chi connectivity index (χ4n) is 6.30. The Morgan fingerprint density at radius 1 is 0.395 bits per heavy atom. The molecule has 7 aromatic carbocycles. The molecule has 0 N–H and O–H groups in total. The van der Waals surface area contributed by atoms with Crippen LogP contribution in [0.1, 0.15) is 0 Å². The van der Waals surface area contributed by atoms with Crippen LogP contribution in [-0.2, 0) is 0 Å². The standard InChI is InChI=1S/C39H23N3S/c1-3-13-26(14-4-1)37-40-38(27-15-5-2-6-16-27)42-39(41-37)31-23-28-20-19-24-11-7-9-17-29(24)33(28)36-35(31)34-30-18-10-8-12-25(30)21-22-32(34)43-36/h1-23H. The summed E-state index contributed by atoms with van der Waals surface area (Å²) in [7, 11) is 0. The minimum absolute atomic E-state index is 0.667. The van der Waals surface area contributed by atoms with Crippen molar-refractivity contribution in [3.8, 4) is 34.2 Å². The Balaban J connectivity index is 1.47. The topological polar surface area (TPSA) is 38.7 Å². The van der Waals surface area contributed by atoms with Crippen LogP contribution >= 0.6 is 11.3 Å². The molecule has 9 aromatic rings. The van der Waals surface area contributed by atoms with Crippen molar-refractivity contribution in [3.05, 3.63) is 140 Å². The highest BCUT2D eigenvalue weighted by molar-refractivity contribution is 7.27. The predicted octanol–water partition coefficient (Wildman–Crippen LogP) is 10.7. The zero-order chi connectivity index (χ0) is 28.3. The van der Waals surface area contributed by atoms with Gasteiger partial charge in [0.1, 0.15) is 0 Å². The number of fused-ring (bicyclic) bond motifs is 9.